The van der Waals surface area contributed by atoms with Crippen LogP contribution in [0.4, 0.5) is 0 Å². The Morgan fingerprint density at radius 3 is 1.75 bits per heavy atom. The fourth-order valence-corrected chi connectivity index (χ4v) is 3.32. The van der Waals surface area contributed by atoms with Gasteiger partial charge in [-0.2, -0.15) is 0 Å². The predicted octanol–water partition coefficient (Wildman–Crippen LogP) is 5.12. The largest absolute Gasteiger partial charge is 0.331 e. The van der Waals surface area contributed by atoms with Crippen LogP contribution >= 0.6 is 0 Å². The maximum absolute atomic E-state index is 5.62. The summed E-state index contributed by atoms with van der Waals surface area (Å²) in [6.45, 7) is 6.65. The first-order chi connectivity index (χ1) is 11.7. The van der Waals surface area contributed by atoms with E-state index in [0.717, 1.165) is 32.4 Å². The molecule has 24 heavy (non-hydrogen) atoms. The van der Waals surface area contributed by atoms with Gasteiger partial charge >= 0.3 is 0 Å². The molecule has 0 saturated carbocycles. The van der Waals surface area contributed by atoms with Crippen LogP contribution in [-0.4, -0.2) is 40.4 Å². The third-order valence-electron chi connectivity index (χ3n) is 4.87. The van der Waals surface area contributed by atoms with Crippen LogP contribution in [-0.2, 0) is 14.2 Å². The first-order valence-corrected chi connectivity index (χ1v) is 10.1. The molecule has 0 aromatic rings. The number of unbranched alkanes of at least 4 members (excludes halogenated alkanes) is 6. The van der Waals surface area contributed by atoms with Crippen molar-refractivity contribution in [3.8, 4) is 0 Å². The lowest BCUT2D eigenvalue weighted by molar-refractivity contribution is -0.380. The standard InChI is InChI=1S/C20H43NO3/c1-6-8-10-11-12-13-15-19(20(22-3,23-4)24-5)16-14-18-21-17-9-7-2/h19,21H,6-18H2,1-5H3/t19-/m1/s1. The van der Waals surface area contributed by atoms with Crippen LogP contribution in [0.5, 0.6) is 0 Å². The van der Waals surface area contributed by atoms with E-state index in [1.807, 2.05) is 0 Å². The molecule has 0 fully saturated rings. The van der Waals surface area contributed by atoms with Gasteiger partial charge in [-0.3, -0.25) is 0 Å². The molecule has 146 valence electrons. The molecule has 0 aliphatic rings. The Bertz CT molecular complexity index is 233. The zero-order valence-corrected chi connectivity index (χ0v) is 17.0. The van der Waals surface area contributed by atoms with E-state index in [4.69, 9.17) is 14.2 Å². The van der Waals surface area contributed by atoms with Crippen LogP contribution in [0.15, 0.2) is 0 Å². The van der Waals surface area contributed by atoms with Gasteiger partial charge in [0.05, 0.1) is 0 Å². The number of ether oxygens (including phenoxy) is 3. The Morgan fingerprint density at radius 2 is 1.17 bits per heavy atom. The molecule has 4 nitrogen and oxygen atoms in total. The van der Waals surface area contributed by atoms with Crippen LogP contribution in [0.25, 0.3) is 0 Å². The van der Waals surface area contributed by atoms with Crippen molar-refractivity contribution >= 4 is 0 Å². The Balaban J connectivity index is 4.28. The molecule has 0 saturated heterocycles. The second-order valence-corrected chi connectivity index (χ2v) is 6.72. The maximum atomic E-state index is 5.62. The Labute approximate surface area is 151 Å². The van der Waals surface area contributed by atoms with Crippen LogP contribution in [0.3, 0.4) is 0 Å². The molecule has 0 unspecified atom stereocenters. The van der Waals surface area contributed by atoms with Crippen molar-refractivity contribution < 1.29 is 14.2 Å². The molecule has 0 radical (unpaired) electrons. The number of rotatable bonds is 18. The first kappa shape index (κ1) is 23.8. The van der Waals surface area contributed by atoms with Crippen molar-refractivity contribution in [1.82, 2.24) is 5.32 Å². The second kappa shape index (κ2) is 16.3. The first-order valence-electron chi connectivity index (χ1n) is 10.1. The van der Waals surface area contributed by atoms with Crippen LogP contribution in [0.2, 0.25) is 0 Å². The molecule has 0 bridgehead atoms. The monoisotopic (exact) mass is 345 g/mol. The lowest BCUT2D eigenvalue weighted by Crippen LogP contribution is -2.44. The summed E-state index contributed by atoms with van der Waals surface area (Å²) >= 11 is 0. The summed E-state index contributed by atoms with van der Waals surface area (Å²) in [6.07, 6.45) is 13.6. The highest BCUT2D eigenvalue weighted by molar-refractivity contribution is 4.72. The molecule has 1 N–H and O–H groups in total. The van der Waals surface area contributed by atoms with E-state index in [2.05, 4.69) is 19.2 Å². The number of methoxy groups -OCH3 is 3. The Morgan fingerprint density at radius 1 is 0.667 bits per heavy atom. The summed E-state index contributed by atoms with van der Waals surface area (Å²) in [5.41, 5.74) is 0. The molecule has 0 aliphatic carbocycles. The molecular weight excluding hydrogens is 302 g/mol. The zero-order valence-electron chi connectivity index (χ0n) is 17.0. The van der Waals surface area contributed by atoms with Crippen molar-refractivity contribution in [3.63, 3.8) is 0 Å². The Hall–Kier alpha value is -0.160. The third kappa shape index (κ3) is 9.97. The smallest absolute Gasteiger partial charge is 0.285 e. The minimum atomic E-state index is -0.896. The van der Waals surface area contributed by atoms with Gasteiger partial charge in [-0.15, -0.1) is 0 Å². The van der Waals surface area contributed by atoms with Crippen molar-refractivity contribution in [2.75, 3.05) is 34.4 Å². The third-order valence-corrected chi connectivity index (χ3v) is 4.87. The second-order valence-electron chi connectivity index (χ2n) is 6.72. The van der Waals surface area contributed by atoms with Crippen molar-refractivity contribution in [2.45, 2.75) is 90.4 Å². The Kier molecular flexibility index (Phi) is 16.2. The summed E-state index contributed by atoms with van der Waals surface area (Å²) in [7, 11) is 5.04. The van der Waals surface area contributed by atoms with Gasteiger partial charge in [-0.25, -0.2) is 0 Å². The zero-order chi connectivity index (χ0) is 18.1. The van der Waals surface area contributed by atoms with Crippen molar-refractivity contribution in [2.24, 2.45) is 5.92 Å². The number of hydrogen-bond donors (Lipinski definition) is 1. The molecule has 1 atom stereocenters. The average Bonchev–Trinajstić information content (AvgIpc) is 2.62. The van der Waals surface area contributed by atoms with Crippen LogP contribution in [0, 0.1) is 5.92 Å². The highest BCUT2D eigenvalue weighted by Gasteiger charge is 2.39. The van der Waals surface area contributed by atoms with Gasteiger partial charge < -0.3 is 19.5 Å². The predicted molar refractivity (Wildman–Crippen MR) is 102 cm³/mol. The fraction of sp³-hybridized carbons (Fsp3) is 1.00. The van der Waals surface area contributed by atoms with Gasteiger partial charge in [-0.1, -0.05) is 58.8 Å². The van der Waals surface area contributed by atoms with Crippen molar-refractivity contribution in [3.05, 3.63) is 0 Å². The summed E-state index contributed by atoms with van der Waals surface area (Å²) in [4.78, 5) is 0. The molecule has 0 amide bonds. The van der Waals surface area contributed by atoms with Gasteiger partial charge in [-0.05, 0) is 38.8 Å². The van der Waals surface area contributed by atoms with Gasteiger partial charge in [0.1, 0.15) is 0 Å². The number of hydrogen-bond acceptors (Lipinski definition) is 4. The van der Waals surface area contributed by atoms with Gasteiger partial charge in [0.25, 0.3) is 5.97 Å². The average molecular weight is 346 g/mol. The number of nitrogens with one attached hydrogen (secondary N) is 1. The highest BCUT2D eigenvalue weighted by atomic mass is 16.9. The molecule has 0 aliphatic heterocycles. The molecule has 0 heterocycles. The van der Waals surface area contributed by atoms with Crippen LogP contribution in [0.1, 0.15) is 84.5 Å². The van der Waals surface area contributed by atoms with E-state index in [1.165, 1.54) is 51.4 Å². The minimum Gasteiger partial charge on any atom is -0.331 e. The minimum absolute atomic E-state index is 0.275. The van der Waals surface area contributed by atoms with Gasteiger partial charge in [0.2, 0.25) is 0 Å². The van der Waals surface area contributed by atoms with Gasteiger partial charge in [0, 0.05) is 27.2 Å². The lowest BCUT2D eigenvalue weighted by Gasteiger charge is -2.36. The van der Waals surface area contributed by atoms with Crippen LogP contribution < -0.4 is 5.32 Å². The maximum Gasteiger partial charge on any atom is 0.285 e. The summed E-state index contributed by atoms with van der Waals surface area (Å²) in [5, 5.41) is 3.52. The molecule has 0 rings (SSSR count). The van der Waals surface area contributed by atoms with Crippen molar-refractivity contribution in [1.29, 1.82) is 0 Å². The summed E-state index contributed by atoms with van der Waals surface area (Å²) in [5.74, 6) is -0.621. The molecule has 4 heteroatoms. The topological polar surface area (TPSA) is 39.7 Å². The van der Waals surface area contributed by atoms with Gasteiger partial charge in [0.15, 0.2) is 0 Å². The molecular formula is C20H43NO3. The molecule has 0 aromatic carbocycles. The fourth-order valence-electron chi connectivity index (χ4n) is 3.32. The van der Waals surface area contributed by atoms with E-state index in [9.17, 15) is 0 Å². The van der Waals surface area contributed by atoms with E-state index in [-0.39, 0.29) is 5.92 Å². The van der Waals surface area contributed by atoms with E-state index in [1.54, 1.807) is 21.3 Å². The highest BCUT2D eigenvalue weighted by Crippen LogP contribution is 2.32. The summed E-state index contributed by atoms with van der Waals surface area (Å²) in [6, 6.07) is 0. The van der Waals surface area contributed by atoms with E-state index in [0.29, 0.717) is 0 Å². The lowest BCUT2D eigenvalue weighted by atomic mass is 9.93. The van der Waals surface area contributed by atoms with E-state index >= 15 is 0 Å². The normalized spacial score (nSPS) is 13.4. The molecule has 0 aromatic heterocycles. The SMILES string of the molecule is CCCCCCCC[C@H](CCCNCCCC)C(OC)(OC)OC. The summed E-state index contributed by atoms with van der Waals surface area (Å²) < 4.78 is 16.9. The molecule has 0 spiro atoms. The van der Waals surface area contributed by atoms with E-state index < -0.39 is 5.97 Å². The quantitative estimate of drug-likeness (QED) is 0.276.